The van der Waals surface area contributed by atoms with Crippen molar-refractivity contribution >= 4 is 33.3 Å². The van der Waals surface area contributed by atoms with Gasteiger partial charge in [-0.3, -0.25) is 0 Å². The molecule has 22 heavy (non-hydrogen) atoms. The summed E-state index contributed by atoms with van der Waals surface area (Å²) in [6, 6.07) is 0. The van der Waals surface area contributed by atoms with Crippen LogP contribution in [0.4, 0.5) is 0 Å². The maximum absolute atomic E-state index is 5.64. The topological polar surface area (TPSA) is 44.2 Å². The van der Waals surface area contributed by atoms with Crippen LogP contribution in [0, 0.1) is 5.92 Å². The van der Waals surface area contributed by atoms with E-state index in [2.05, 4.69) is 16.9 Å². The first-order valence-electron chi connectivity index (χ1n) is 7.88. The van der Waals surface area contributed by atoms with Gasteiger partial charge >= 0.3 is 0 Å². The van der Waals surface area contributed by atoms with Gasteiger partial charge in [-0.15, -0.1) is 23.1 Å². The summed E-state index contributed by atoms with van der Waals surface area (Å²) in [6.45, 7) is 3.57. The number of rotatable bonds is 3. The third-order valence-corrected chi connectivity index (χ3v) is 6.72. The summed E-state index contributed by atoms with van der Waals surface area (Å²) >= 11 is 3.67. The molecule has 6 heteroatoms. The summed E-state index contributed by atoms with van der Waals surface area (Å²) in [7, 11) is 0. The smallest absolute Gasteiger partial charge is 0.147 e. The minimum atomic E-state index is 0.276. The van der Waals surface area contributed by atoms with Gasteiger partial charge in [-0.1, -0.05) is 6.92 Å². The van der Waals surface area contributed by atoms with Crippen LogP contribution in [0.2, 0.25) is 0 Å². The summed E-state index contributed by atoms with van der Waals surface area (Å²) in [6.07, 6.45) is 6.61. The number of aromatic nitrogens is 2. The second-order valence-electron chi connectivity index (χ2n) is 6.13. The van der Waals surface area contributed by atoms with Crippen LogP contribution in [0.25, 0.3) is 10.2 Å². The van der Waals surface area contributed by atoms with Gasteiger partial charge in [0.1, 0.15) is 23.0 Å². The fourth-order valence-corrected chi connectivity index (χ4v) is 5.67. The monoisotopic (exact) mass is 336 g/mol. The quantitative estimate of drug-likeness (QED) is 0.632. The van der Waals surface area contributed by atoms with Crippen molar-refractivity contribution in [2.24, 2.45) is 5.92 Å². The van der Waals surface area contributed by atoms with Crippen molar-refractivity contribution in [3.05, 3.63) is 16.8 Å². The predicted octanol–water partition coefficient (Wildman–Crippen LogP) is 3.67. The summed E-state index contributed by atoms with van der Waals surface area (Å²) < 4.78 is 10.9. The van der Waals surface area contributed by atoms with E-state index in [-0.39, 0.29) is 6.10 Å². The predicted molar refractivity (Wildman–Crippen MR) is 89.6 cm³/mol. The Morgan fingerprint density at radius 1 is 1.36 bits per heavy atom. The zero-order valence-electron chi connectivity index (χ0n) is 12.7. The van der Waals surface area contributed by atoms with Crippen molar-refractivity contribution in [2.45, 2.75) is 43.7 Å². The molecular formula is C16H20N2O2S2. The molecule has 4 nitrogen and oxygen atoms in total. The third kappa shape index (κ3) is 2.89. The summed E-state index contributed by atoms with van der Waals surface area (Å²) in [5.74, 6) is 1.73. The van der Waals surface area contributed by atoms with E-state index in [1.165, 1.54) is 35.1 Å². The molecule has 2 aliphatic rings. The Kier molecular flexibility index (Phi) is 4.35. The maximum Gasteiger partial charge on any atom is 0.147 e. The number of hydrogen-bond donors (Lipinski definition) is 0. The van der Waals surface area contributed by atoms with Crippen LogP contribution in [-0.4, -0.2) is 35.2 Å². The van der Waals surface area contributed by atoms with Crippen LogP contribution in [0.1, 0.15) is 30.2 Å². The van der Waals surface area contributed by atoms with E-state index in [4.69, 9.17) is 9.47 Å². The fourth-order valence-electron chi connectivity index (χ4n) is 3.16. The molecule has 0 spiro atoms. The Balaban J connectivity index is 1.60. The third-order valence-electron chi connectivity index (χ3n) is 4.43. The standard InChI is InChI=1S/C16H20N2O2S2/c1-10-2-3-12-13(6-10)22-16-14(12)15(17-8-18-16)21-7-11-4-5-19-9-20-11/h8,10-11H,2-7,9H2,1H3/t10-,11+/m1/s1. The van der Waals surface area contributed by atoms with Crippen molar-refractivity contribution in [3.63, 3.8) is 0 Å². The molecule has 118 valence electrons. The highest BCUT2D eigenvalue weighted by Gasteiger charge is 2.24. The highest BCUT2D eigenvalue weighted by atomic mass is 32.2. The molecule has 1 aliphatic heterocycles. The van der Waals surface area contributed by atoms with Crippen molar-refractivity contribution in [1.82, 2.24) is 9.97 Å². The van der Waals surface area contributed by atoms with E-state index in [1.54, 1.807) is 6.33 Å². The molecule has 3 heterocycles. The molecule has 1 aliphatic carbocycles. The number of nitrogens with zero attached hydrogens (tertiary/aromatic N) is 2. The van der Waals surface area contributed by atoms with E-state index in [0.717, 1.165) is 34.6 Å². The number of hydrogen-bond acceptors (Lipinski definition) is 6. The minimum Gasteiger partial charge on any atom is -0.355 e. The summed E-state index contributed by atoms with van der Waals surface area (Å²) in [4.78, 5) is 11.8. The number of fused-ring (bicyclic) bond motifs is 3. The average Bonchev–Trinajstić information content (AvgIpc) is 2.91. The van der Waals surface area contributed by atoms with Crippen molar-refractivity contribution < 1.29 is 9.47 Å². The summed E-state index contributed by atoms with van der Waals surface area (Å²) in [5, 5.41) is 2.44. The Morgan fingerprint density at radius 3 is 3.18 bits per heavy atom. The molecule has 0 saturated carbocycles. The highest BCUT2D eigenvalue weighted by molar-refractivity contribution is 7.99. The van der Waals surface area contributed by atoms with Gasteiger partial charge < -0.3 is 9.47 Å². The molecule has 4 rings (SSSR count). The van der Waals surface area contributed by atoms with Crippen LogP contribution in [0.15, 0.2) is 11.4 Å². The number of aryl methyl sites for hydroxylation is 1. The average molecular weight is 336 g/mol. The van der Waals surface area contributed by atoms with Crippen LogP contribution in [-0.2, 0) is 22.3 Å². The second-order valence-corrected chi connectivity index (χ2v) is 8.22. The van der Waals surface area contributed by atoms with Crippen LogP contribution >= 0.6 is 23.1 Å². The maximum atomic E-state index is 5.64. The zero-order chi connectivity index (χ0) is 14.9. The lowest BCUT2D eigenvalue weighted by Crippen LogP contribution is -2.25. The van der Waals surface area contributed by atoms with Crippen molar-refractivity contribution in [3.8, 4) is 0 Å². The number of thiophene rings is 1. The first-order chi connectivity index (χ1) is 10.8. The van der Waals surface area contributed by atoms with E-state index in [0.29, 0.717) is 6.79 Å². The number of ether oxygens (including phenoxy) is 2. The molecule has 0 unspecified atom stereocenters. The largest absolute Gasteiger partial charge is 0.355 e. The number of thioether (sulfide) groups is 1. The lowest BCUT2D eigenvalue weighted by Gasteiger charge is -2.22. The lowest BCUT2D eigenvalue weighted by atomic mass is 9.89. The Bertz CT molecular complexity index is 667. The van der Waals surface area contributed by atoms with Crippen LogP contribution < -0.4 is 0 Å². The molecule has 2 aromatic heterocycles. The molecule has 2 aromatic rings. The fraction of sp³-hybridized carbons (Fsp3) is 0.625. The molecule has 0 amide bonds. The van der Waals surface area contributed by atoms with Crippen LogP contribution in [0.5, 0.6) is 0 Å². The molecule has 1 saturated heterocycles. The highest BCUT2D eigenvalue weighted by Crippen LogP contribution is 2.40. The van der Waals surface area contributed by atoms with Gasteiger partial charge in [-0.2, -0.15) is 0 Å². The van der Waals surface area contributed by atoms with Gasteiger partial charge in [-0.05, 0) is 37.2 Å². The molecule has 0 radical (unpaired) electrons. The van der Waals surface area contributed by atoms with E-state index >= 15 is 0 Å². The zero-order valence-corrected chi connectivity index (χ0v) is 14.3. The van der Waals surface area contributed by atoms with Gasteiger partial charge in [0.15, 0.2) is 0 Å². The Morgan fingerprint density at radius 2 is 2.32 bits per heavy atom. The molecule has 0 N–H and O–H groups in total. The van der Waals surface area contributed by atoms with Gasteiger partial charge in [0, 0.05) is 16.0 Å². The first kappa shape index (κ1) is 14.9. The molecule has 0 aromatic carbocycles. The second kappa shape index (κ2) is 6.43. The first-order valence-corrected chi connectivity index (χ1v) is 9.69. The van der Waals surface area contributed by atoms with Gasteiger partial charge in [0.05, 0.1) is 12.7 Å². The van der Waals surface area contributed by atoms with Crippen molar-refractivity contribution in [1.29, 1.82) is 0 Å². The Labute approximate surface area is 138 Å². The molecular weight excluding hydrogens is 316 g/mol. The Hall–Kier alpha value is -0.690. The SMILES string of the molecule is C[C@@H]1CCc2c(sc3ncnc(SC[C@@H]4CCOCO4)c23)C1. The van der Waals surface area contributed by atoms with E-state index in [9.17, 15) is 0 Å². The van der Waals surface area contributed by atoms with Crippen molar-refractivity contribution in [2.75, 3.05) is 19.2 Å². The lowest BCUT2D eigenvalue weighted by molar-refractivity contribution is -0.130. The minimum absolute atomic E-state index is 0.276. The van der Waals surface area contributed by atoms with Gasteiger partial charge in [0.25, 0.3) is 0 Å². The van der Waals surface area contributed by atoms with E-state index < -0.39 is 0 Å². The van der Waals surface area contributed by atoms with Gasteiger partial charge in [-0.25, -0.2) is 9.97 Å². The molecule has 0 bridgehead atoms. The normalized spacial score (nSPS) is 25.3. The summed E-state index contributed by atoms with van der Waals surface area (Å²) in [5.41, 5.74) is 1.51. The van der Waals surface area contributed by atoms with Crippen LogP contribution in [0.3, 0.4) is 0 Å². The molecule has 2 atom stereocenters. The van der Waals surface area contributed by atoms with Gasteiger partial charge in [0.2, 0.25) is 0 Å². The van der Waals surface area contributed by atoms with E-state index in [1.807, 2.05) is 23.1 Å². The molecule has 1 fully saturated rings.